The van der Waals surface area contributed by atoms with Gasteiger partial charge in [0.2, 0.25) is 0 Å². The Hall–Kier alpha value is -2.67. The zero-order valence-corrected chi connectivity index (χ0v) is 15.6. The lowest BCUT2D eigenvalue weighted by Gasteiger charge is -2.03. The van der Waals surface area contributed by atoms with Gasteiger partial charge in [0.25, 0.3) is 0 Å². The van der Waals surface area contributed by atoms with Crippen LogP contribution in [0.2, 0.25) is 0 Å². The quantitative estimate of drug-likeness (QED) is 0.644. The number of carbonyl (C=O) groups is 1. The molecule has 0 amide bonds. The van der Waals surface area contributed by atoms with Gasteiger partial charge in [0.05, 0.1) is 10.7 Å². The molecule has 0 radical (unpaired) electrons. The molecule has 1 aliphatic heterocycles. The van der Waals surface area contributed by atoms with Crippen LogP contribution in [0.5, 0.6) is 5.75 Å². The number of hydrogen-bond donors (Lipinski definition) is 0. The second-order valence-corrected chi connectivity index (χ2v) is 7.56. The van der Waals surface area contributed by atoms with E-state index in [2.05, 4.69) is 10.1 Å². The summed E-state index contributed by atoms with van der Waals surface area (Å²) >= 11 is 1.33. The Kier molecular flexibility index (Phi) is 4.24. The normalized spacial score (nSPS) is 15.6. The van der Waals surface area contributed by atoms with Crippen molar-refractivity contribution in [2.24, 2.45) is 0 Å². The number of nitrogens with zero attached hydrogens (tertiary/aromatic N) is 2. The van der Waals surface area contributed by atoms with E-state index in [1.165, 1.54) is 16.9 Å². The topological polar surface area (TPSA) is 74.5 Å². The van der Waals surface area contributed by atoms with Crippen molar-refractivity contribution >= 4 is 17.3 Å². The molecule has 4 rings (SSSR count). The van der Waals surface area contributed by atoms with Crippen LogP contribution in [0.25, 0.3) is 11.3 Å². The van der Waals surface area contributed by atoms with Crippen LogP contribution in [0.3, 0.4) is 0 Å². The average molecular weight is 370 g/mol. The van der Waals surface area contributed by atoms with Crippen molar-refractivity contribution in [3.63, 3.8) is 0 Å². The average Bonchev–Trinajstić information content (AvgIpc) is 3.29. The van der Waals surface area contributed by atoms with Gasteiger partial charge in [-0.25, -0.2) is 9.78 Å². The van der Waals surface area contributed by atoms with E-state index in [1.54, 1.807) is 13.0 Å². The number of thiazole rings is 1. The number of aromatic nitrogens is 2. The van der Waals surface area contributed by atoms with Crippen molar-refractivity contribution in [3.8, 4) is 17.1 Å². The maximum absolute atomic E-state index is 12.2. The SMILES string of the molecule is Cc1nc(C)c(C(=O)OCc2cc(-c3ccc4c(c3)OC(C)C4)on2)s1. The molecule has 3 aromatic rings. The molecule has 134 valence electrons. The van der Waals surface area contributed by atoms with E-state index in [9.17, 15) is 4.79 Å². The maximum atomic E-state index is 12.2. The van der Waals surface area contributed by atoms with Crippen LogP contribution in [0, 0.1) is 13.8 Å². The van der Waals surface area contributed by atoms with Gasteiger partial charge >= 0.3 is 5.97 Å². The number of fused-ring (bicyclic) bond motifs is 1. The summed E-state index contributed by atoms with van der Waals surface area (Å²) in [6.45, 7) is 5.76. The summed E-state index contributed by atoms with van der Waals surface area (Å²) < 4.78 is 16.5. The first kappa shape index (κ1) is 16.8. The molecule has 1 unspecified atom stereocenters. The largest absolute Gasteiger partial charge is 0.490 e. The van der Waals surface area contributed by atoms with E-state index in [-0.39, 0.29) is 12.7 Å². The summed E-state index contributed by atoms with van der Waals surface area (Å²) in [7, 11) is 0. The Labute approximate surface area is 154 Å². The highest BCUT2D eigenvalue weighted by Crippen LogP contribution is 2.33. The number of aryl methyl sites for hydroxylation is 2. The zero-order chi connectivity index (χ0) is 18.3. The lowest BCUT2D eigenvalue weighted by atomic mass is 10.1. The second kappa shape index (κ2) is 6.57. The van der Waals surface area contributed by atoms with Crippen molar-refractivity contribution in [2.75, 3.05) is 0 Å². The first-order chi connectivity index (χ1) is 12.5. The molecule has 2 aromatic heterocycles. The highest BCUT2D eigenvalue weighted by molar-refractivity contribution is 7.13. The zero-order valence-electron chi connectivity index (χ0n) is 14.7. The van der Waals surface area contributed by atoms with Crippen molar-refractivity contribution in [3.05, 3.63) is 51.1 Å². The Morgan fingerprint density at radius 3 is 2.96 bits per heavy atom. The fraction of sp³-hybridized carbons (Fsp3) is 0.316. The highest BCUT2D eigenvalue weighted by atomic mass is 32.1. The number of esters is 1. The molecule has 3 heterocycles. The molecule has 1 aliphatic rings. The minimum absolute atomic E-state index is 0.0528. The Bertz CT molecular complexity index is 976. The third-order valence-corrected chi connectivity index (χ3v) is 5.24. The van der Waals surface area contributed by atoms with Gasteiger partial charge in [0, 0.05) is 18.1 Å². The van der Waals surface area contributed by atoms with E-state index < -0.39 is 5.97 Å². The predicted octanol–water partition coefficient (Wildman–Crippen LogP) is 4.10. The van der Waals surface area contributed by atoms with E-state index in [0.29, 0.717) is 22.0 Å². The van der Waals surface area contributed by atoms with Crippen LogP contribution in [-0.2, 0) is 17.8 Å². The molecule has 0 saturated carbocycles. The summed E-state index contributed by atoms with van der Waals surface area (Å²) in [5, 5.41) is 4.83. The van der Waals surface area contributed by atoms with Crippen LogP contribution in [-0.4, -0.2) is 22.2 Å². The molecule has 0 fully saturated rings. The molecular weight excluding hydrogens is 352 g/mol. The Morgan fingerprint density at radius 2 is 2.19 bits per heavy atom. The number of rotatable bonds is 4. The highest BCUT2D eigenvalue weighted by Gasteiger charge is 2.20. The first-order valence-electron chi connectivity index (χ1n) is 8.36. The monoisotopic (exact) mass is 370 g/mol. The molecule has 0 bridgehead atoms. The van der Waals surface area contributed by atoms with Crippen molar-refractivity contribution < 1.29 is 18.8 Å². The van der Waals surface area contributed by atoms with Crippen LogP contribution in [0.4, 0.5) is 0 Å². The Balaban J connectivity index is 1.45. The summed E-state index contributed by atoms with van der Waals surface area (Å²) in [4.78, 5) is 16.9. The molecule has 0 spiro atoms. The molecule has 0 aliphatic carbocycles. The van der Waals surface area contributed by atoms with Gasteiger partial charge in [0.1, 0.15) is 29.0 Å². The van der Waals surface area contributed by atoms with Gasteiger partial charge in [-0.2, -0.15) is 0 Å². The fourth-order valence-corrected chi connectivity index (χ4v) is 3.81. The number of benzene rings is 1. The van der Waals surface area contributed by atoms with Crippen molar-refractivity contribution in [2.45, 2.75) is 39.9 Å². The van der Waals surface area contributed by atoms with Gasteiger partial charge in [-0.05, 0) is 32.4 Å². The molecule has 7 heteroatoms. The molecule has 0 N–H and O–H groups in total. The maximum Gasteiger partial charge on any atom is 0.350 e. The minimum Gasteiger partial charge on any atom is -0.490 e. The summed E-state index contributed by atoms with van der Waals surface area (Å²) in [5.74, 6) is 1.11. The molecule has 0 saturated heterocycles. The lowest BCUT2D eigenvalue weighted by molar-refractivity contribution is 0.0469. The van der Waals surface area contributed by atoms with Gasteiger partial charge in [0.15, 0.2) is 5.76 Å². The molecular formula is C19H18N2O4S. The molecule has 6 nitrogen and oxygen atoms in total. The number of hydrogen-bond acceptors (Lipinski definition) is 7. The van der Waals surface area contributed by atoms with Crippen LogP contribution in [0.15, 0.2) is 28.8 Å². The first-order valence-corrected chi connectivity index (χ1v) is 9.18. The van der Waals surface area contributed by atoms with Crippen molar-refractivity contribution in [1.29, 1.82) is 0 Å². The minimum atomic E-state index is -0.391. The second-order valence-electron chi connectivity index (χ2n) is 6.36. The van der Waals surface area contributed by atoms with Gasteiger partial charge < -0.3 is 14.0 Å². The van der Waals surface area contributed by atoms with Crippen molar-refractivity contribution in [1.82, 2.24) is 10.1 Å². The summed E-state index contributed by atoms with van der Waals surface area (Å²) in [6, 6.07) is 7.77. The van der Waals surface area contributed by atoms with Crippen LogP contribution >= 0.6 is 11.3 Å². The van der Waals surface area contributed by atoms with Crippen LogP contribution < -0.4 is 4.74 Å². The molecule has 1 aromatic carbocycles. The van der Waals surface area contributed by atoms with E-state index in [4.69, 9.17) is 14.0 Å². The van der Waals surface area contributed by atoms with Gasteiger partial charge in [-0.15, -0.1) is 11.3 Å². The Morgan fingerprint density at radius 1 is 1.35 bits per heavy atom. The smallest absolute Gasteiger partial charge is 0.350 e. The molecule has 26 heavy (non-hydrogen) atoms. The van der Waals surface area contributed by atoms with Gasteiger partial charge in [-0.1, -0.05) is 17.3 Å². The summed E-state index contributed by atoms with van der Waals surface area (Å²) in [6.07, 6.45) is 1.12. The van der Waals surface area contributed by atoms with E-state index in [0.717, 1.165) is 22.7 Å². The third-order valence-electron chi connectivity index (χ3n) is 4.19. The molecule has 1 atom stereocenters. The number of ether oxygens (including phenoxy) is 2. The predicted molar refractivity (Wildman–Crippen MR) is 96.4 cm³/mol. The fourth-order valence-electron chi connectivity index (χ4n) is 3.00. The standard InChI is InChI=1S/C19H18N2O4S/c1-10-6-13-4-5-14(7-16(13)24-10)17-8-15(21-25-17)9-23-19(22)18-11(2)20-12(3)26-18/h4-5,7-8,10H,6,9H2,1-3H3. The van der Waals surface area contributed by atoms with Gasteiger partial charge in [-0.3, -0.25) is 0 Å². The lowest BCUT2D eigenvalue weighted by Crippen LogP contribution is -2.05. The third kappa shape index (κ3) is 3.22. The summed E-state index contributed by atoms with van der Waals surface area (Å²) in [5.41, 5.74) is 3.33. The van der Waals surface area contributed by atoms with Crippen LogP contribution in [0.1, 0.15) is 38.6 Å². The van der Waals surface area contributed by atoms with E-state index in [1.807, 2.05) is 32.0 Å². The number of carbonyl (C=O) groups excluding carboxylic acids is 1. The van der Waals surface area contributed by atoms with E-state index >= 15 is 0 Å².